The molecule has 0 saturated carbocycles. The number of rotatable bonds is 2. The Hall–Kier alpha value is -2.25. The first kappa shape index (κ1) is 19.1. The number of piperidine rings is 1. The Morgan fingerprint density at radius 2 is 2.07 bits per heavy atom. The Morgan fingerprint density at radius 3 is 2.79 bits per heavy atom. The average Bonchev–Trinajstić information content (AvgIpc) is 2.68. The maximum atomic E-state index is 13.0. The number of carbonyl (C=O) groups is 1. The molecule has 2 aliphatic rings. The molecule has 4 rings (SSSR count). The zero-order valence-electron chi connectivity index (χ0n) is 16.4. The van der Waals surface area contributed by atoms with Crippen LogP contribution >= 0.6 is 0 Å². The molecule has 1 N–H and O–H groups in total. The molecule has 0 radical (unpaired) electrons. The average molecular weight is 385 g/mol. The van der Waals surface area contributed by atoms with Crippen LogP contribution in [0.2, 0.25) is 0 Å². The smallest absolute Gasteiger partial charge is 0.270 e. The Labute approximate surface area is 164 Å². The van der Waals surface area contributed by atoms with Crippen molar-refractivity contribution in [1.82, 2.24) is 14.3 Å². The Morgan fingerprint density at radius 1 is 1.32 bits per heavy atom. The normalized spacial score (nSPS) is 24.8. The van der Waals surface area contributed by atoms with Crippen LogP contribution < -0.4 is 5.56 Å². The van der Waals surface area contributed by atoms with Crippen LogP contribution in [-0.2, 0) is 4.74 Å². The molecular formula is C21H27N3O4. The van der Waals surface area contributed by atoms with Gasteiger partial charge in [-0.05, 0) is 37.3 Å². The molecule has 2 atom stereocenters. The van der Waals surface area contributed by atoms with E-state index in [2.05, 4.69) is 18.8 Å². The van der Waals surface area contributed by atoms with Crippen molar-refractivity contribution in [3.05, 3.63) is 46.5 Å². The van der Waals surface area contributed by atoms with Crippen LogP contribution in [0.15, 0.2) is 35.4 Å². The molecule has 1 spiro atoms. The van der Waals surface area contributed by atoms with Gasteiger partial charge in [-0.15, -0.1) is 0 Å². The number of nitrogens with zero attached hydrogens (tertiary/aromatic N) is 3. The van der Waals surface area contributed by atoms with E-state index in [4.69, 9.17) is 4.74 Å². The molecule has 150 valence electrons. The van der Waals surface area contributed by atoms with Crippen molar-refractivity contribution in [2.75, 3.05) is 13.1 Å². The van der Waals surface area contributed by atoms with E-state index in [0.29, 0.717) is 50.3 Å². The van der Waals surface area contributed by atoms with E-state index >= 15 is 0 Å². The Bertz CT molecular complexity index is 931. The number of fused-ring (bicyclic) bond motifs is 1. The summed E-state index contributed by atoms with van der Waals surface area (Å²) in [6, 6.07) is 5.28. The molecule has 0 bridgehead atoms. The molecule has 7 heteroatoms. The first-order valence-electron chi connectivity index (χ1n) is 10.0. The second-order valence-corrected chi connectivity index (χ2v) is 8.38. The summed E-state index contributed by atoms with van der Waals surface area (Å²) in [7, 11) is 0. The minimum Gasteiger partial charge on any atom is -0.393 e. The summed E-state index contributed by atoms with van der Waals surface area (Å²) < 4.78 is 7.78. The summed E-state index contributed by atoms with van der Waals surface area (Å²) in [6.45, 7) is 5.23. The predicted octanol–water partition coefficient (Wildman–Crippen LogP) is 1.87. The van der Waals surface area contributed by atoms with E-state index in [1.54, 1.807) is 29.3 Å². The van der Waals surface area contributed by atoms with Crippen LogP contribution in [0, 0.1) is 5.92 Å². The van der Waals surface area contributed by atoms with Crippen molar-refractivity contribution >= 4 is 11.6 Å². The molecule has 1 amide bonds. The molecular weight excluding hydrogens is 358 g/mol. The molecule has 2 aliphatic heterocycles. The monoisotopic (exact) mass is 385 g/mol. The molecule has 0 aliphatic carbocycles. The molecule has 28 heavy (non-hydrogen) atoms. The van der Waals surface area contributed by atoms with Crippen LogP contribution in [0.25, 0.3) is 5.65 Å². The number of ether oxygens (including phenoxy) is 1. The lowest BCUT2D eigenvalue weighted by Gasteiger charge is -2.48. The van der Waals surface area contributed by atoms with Crippen molar-refractivity contribution in [1.29, 1.82) is 0 Å². The molecule has 2 aromatic rings. The van der Waals surface area contributed by atoms with E-state index in [1.807, 2.05) is 0 Å². The number of hydrogen-bond donors (Lipinski definition) is 1. The Balaban J connectivity index is 1.50. The first-order chi connectivity index (χ1) is 13.4. The summed E-state index contributed by atoms with van der Waals surface area (Å²) in [5.74, 6) is 0.0533. The van der Waals surface area contributed by atoms with E-state index < -0.39 is 0 Å². The van der Waals surface area contributed by atoms with Gasteiger partial charge in [-0.1, -0.05) is 19.9 Å². The van der Waals surface area contributed by atoms with Crippen LogP contribution in [0.3, 0.4) is 0 Å². The van der Waals surface area contributed by atoms with Gasteiger partial charge in [0.15, 0.2) is 0 Å². The summed E-state index contributed by atoms with van der Waals surface area (Å²) in [5.41, 5.74) is -0.115. The van der Waals surface area contributed by atoms with Gasteiger partial charge in [0.1, 0.15) is 11.2 Å². The van der Waals surface area contributed by atoms with Gasteiger partial charge in [0, 0.05) is 31.9 Å². The number of aliphatic hydroxyl groups is 1. The number of aliphatic hydroxyl groups excluding tert-OH is 1. The van der Waals surface area contributed by atoms with E-state index in [-0.39, 0.29) is 34.8 Å². The molecule has 4 heterocycles. The zero-order valence-corrected chi connectivity index (χ0v) is 16.4. The first-order valence-corrected chi connectivity index (χ1v) is 10.0. The highest BCUT2D eigenvalue weighted by molar-refractivity contribution is 5.93. The molecule has 2 saturated heterocycles. The van der Waals surface area contributed by atoms with Gasteiger partial charge in [0.05, 0.1) is 17.8 Å². The summed E-state index contributed by atoms with van der Waals surface area (Å²) >= 11 is 0. The fraction of sp³-hybridized carbons (Fsp3) is 0.571. The fourth-order valence-corrected chi connectivity index (χ4v) is 4.39. The number of amides is 1. The lowest BCUT2D eigenvalue weighted by molar-refractivity contribution is -0.190. The van der Waals surface area contributed by atoms with E-state index in [9.17, 15) is 14.7 Å². The van der Waals surface area contributed by atoms with Gasteiger partial charge < -0.3 is 14.7 Å². The topological polar surface area (TPSA) is 84.1 Å². The molecule has 0 unspecified atom stereocenters. The highest BCUT2D eigenvalue weighted by Crippen LogP contribution is 2.39. The largest absolute Gasteiger partial charge is 0.393 e. The second-order valence-electron chi connectivity index (χ2n) is 8.38. The molecule has 0 aromatic carbocycles. The minimum atomic E-state index is -0.375. The van der Waals surface area contributed by atoms with Crippen molar-refractivity contribution in [3.8, 4) is 0 Å². The van der Waals surface area contributed by atoms with Gasteiger partial charge in [-0.25, -0.2) is 4.98 Å². The standard InChI is InChI=1S/C21H27N3O4/c1-14(2)17-11-15(25)12-21(28-17)6-9-23(10-7-21)19(26)16-13-22-18-5-3-4-8-24(18)20(16)27/h3-5,8,13-15,17,25H,6-7,9-12H2,1-2H3/t15-,17-/m1/s1. The highest BCUT2D eigenvalue weighted by atomic mass is 16.5. The summed E-state index contributed by atoms with van der Waals surface area (Å²) in [5, 5.41) is 10.3. The van der Waals surface area contributed by atoms with Gasteiger partial charge in [0.25, 0.3) is 11.5 Å². The van der Waals surface area contributed by atoms with Gasteiger partial charge in [0.2, 0.25) is 0 Å². The van der Waals surface area contributed by atoms with Gasteiger partial charge in [-0.3, -0.25) is 14.0 Å². The fourth-order valence-electron chi connectivity index (χ4n) is 4.39. The van der Waals surface area contributed by atoms with Gasteiger partial charge in [-0.2, -0.15) is 0 Å². The van der Waals surface area contributed by atoms with E-state index in [0.717, 1.165) is 0 Å². The van der Waals surface area contributed by atoms with Crippen LogP contribution in [0.4, 0.5) is 0 Å². The van der Waals surface area contributed by atoms with E-state index in [1.165, 1.54) is 10.6 Å². The maximum absolute atomic E-state index is 13.0. The highest BCUT2D eigenvalue weighted by Gasteiger charge is 2.44. The molecule has 7 nitrogen and oxygen atoms in total. The number of likely N-dealkylation sites (tertiary alicyclic amines) is 1. The Kier molecular flexibility index (Phi) is 4.97. The van der Waals surface area contributed by atoms with Crippen molar-refractivity contribution in [2.24, 2.45) is 5.92 Å². The maximum Gasteiger partial charge on any atom is 0.270 e. The molecule has 2 fully saturated rings. The van der Waals surface area contributed by atoms with Crippen molar-refractivity contribution in [2.45, 2.75) is 57.3 Å². The summed E-state index contributed by atoms with van der Waals surface area (Å²) in [6.07, 6.45) is 5.29. The lowest BCUT2D eigenvalue weighted by atomic mass is 9.80. The van der Waals surface area contributed by atoms with Crippen LogP contribution in [0.5, 0.6) is 0 Å². The van der Waals surface area contributed by atoms with Crippen molar-refractivity contribution < 1.29 is 14.6 Å². The SMILES string of the molecule is CC(C)[C@H]1C[C@@H](O)CC2(CCN(C(=O)c3cnc4ccccn4c3=O)CC2)O1. The third-order valence-electron chi connectivity index (χ3n) is 6.06. The van der Waals surface area contributed by atoms with Crippen LogP contribution in [-0.4, -0.2) is 56.2 Å². The zero-order chi connectivity index (χ0) is 19.9. The third-order valence-corrected chi connectivity index (χ3v) is 6.06. The molecule has 2 aromatic heterocycles. The van der Waals surface area contributed by atoms with Crippen LogP contribution in [0.1, 0.15) is 49.9 Å². The second kappa shape index (κ2) is 7.29. The van der Waals surface area contributed by atoms with Gasteiger partial charge >= 0.3 is 0 Å². The predicted molar refractivity (Wildman–Crippen MR) is 104 cm³/mol. The van der Waals surface area contributed by atoms with Crippen molar-refractivity contribution in [3.63, 3.8) is 0 Å². The quantitative estimate of drug-likeness (QED) is 0.853. The summed E-state index contributed by atoms with van der Waals surface area (Å²) in [4.78, 5) is 31.6. The lowest BCUT2D eigenvalue weighted by Crippen LogP contribution is -2.54. The minimum absolute atomic E-state index is 0.0420. The number of aromatic nitrogens is 2. The third kappa shape index (κ3) is 3.44. The number of pyridine rings is 1. The number of hydrogen-bond acceptors (Lipinski definition) is 5. The number of carbonyl (C=O) groups excluding carboxylic acids is 1.